The van der Waals surface area contributed by atoms with Crippen LogP contribution in [0.5, 0.6) is 0 Å². The monoisotopic (exact) mass is 238 g/mol. The molecule has 1 aliphatic heterocycles. The van der Waals surface area contributed by atoms with Crippen LogP contribution in [-0.2, 0) is 23.0 Å². The van der Waals surface area contributed by atoms with Crippen LogP contribution in [0.2, 0.25) is 0 Å². The lowest BCUT2D eigenvalue weighted by Gasteiger charge is -2.23. The number of ether oxygens (including phenoxy) is 1. The first-order valence-electron chi connectivity index (χ1n) is 5.91. The molecule has 0 aromatic carbocycles. The second-order valence-corrected chi connectivity index (χ2v) is 4.53. The van der Waals surface area contributed by atoms with E-state index in [0.29, 0.717) is 5.92 Å². The maximum Gasteiger partial charge on any atom is 0.309 e. The fraction of sp³-hybridized carbons (Fsp3) is 0.667. The SMILES string of the molecule is Cc1nn(C)c(CC(=O)O)c1C1CCOCC1. The van der Waals surface area contributed by atoms with Crippen molar-refractivity contribution in [3.05, 3.63) is 17.0 Å². The number of hydrogen-bond acceptors (Lipinski definition) is 3. The zero-order valence-electron chi connectivity index (χ0n) is 10.3. The first-order chi connectivity index (χ1) is 8.09. The fourth-order valence-corrected chi connectivity index (χ4v) is 2.59. The molecular formula is C12H18N2O3. The van der Waals surface area contributed by atoms with Crippen LogP contribution in [-0.4, -0.2) is 34.1 Å². The lowest BCUT2D eigenvalue weighted by Crippen LogP contribution is -2.17. The Labute approximate surface area is 100 Å². The van der Waals surface area contributed by atoms with Gasteiger partial charge < -0.3 is 9.84 Å². The quantitative estimate of drug-likeness (QED) is 0.860. The van der Waals surface area contributed by atoms with Crippen LogP contribution in [0.1, 0.15) is 35.7 Å². The predicted octanol–water partition coefficient (Wildman–Crippen LogP) is 1.25. The summed E-state index contributed by atoms with van der Waals surface area (Å²) in [5.41, 5.74) is 2.91. The van der Waals surface area contributed by atoms with Gasteiger partial charge in [0.25, 0.3) is 0 Å². The van der Waals surface area contributed by atoms with Crippen molar-refractivity contribution in [1.82, 2.24) is 9.78 Å². The number of carbonyl (C=O) groups is 1. The number of carboxylic acid groups (broad SMARTS) is 1. The highest BCUT2D eigenvalue weighted by atomic mass is 16.5. The number of carboxylic acids is 1. The molecule has 1 aliphatic rings. The van der Waals surface area contributed by atoms with Gasteiger partial charge in [-0.3, -0.25) is 9.48 Å². The average Bonchev–Trinajstić information content (AvgIpc) is 2.54. The zero-order chi connectivity index (χ0) is 12.4. The van der Waals surface area contributed by atoms with Crippen molar-refractivity contribution in [3.63, 3.8) is 0 Å². The lowest BCUT2D eigenvalue weighted by atomic mass is 9.89. The van der Waals surface area contributed by atoms with Crippen LogP contribution in [0.25, 0.3) is 0 Å². The molecule has 1 aromatic rings. The van der Waals surface area contributed by atoms with Gasteiger partial charge in [0.1, 0.15) is 0 Å². The van der Waals surface area contributed by atoms with Gasteiger partial charge in [0.15, 0.2) is 0 Å². The number of rotatable bonds is 3. The Hall–Kier alpha value is -1.36. The smallest absolute Gasteiger partial charge is 0.309 e. The minimum atomic E-state index is -0.804. The van der Waals surface area contributed by atoms with Crippen molar-refractivity contribution < 1.29 is 14.6 Å². The van der Waals surface area contributed by atoms with E-state index in [2.05, 4.69) is 5.10 Å². The maximum absolute atomic E-state index is 10.9. The zero-order valence-corrected chi connectivity index (χ0v) is 10.3. The van der Waals surface area contributed by atoms with Crippen LogP contribution in [0.15, 0.2) is 0 Å². The summed E-state index contributed by atoms with van der Waals surface area (Å²) in [7, 11) is 1.81. The molecule has 0 bridgehead atoms. The van der Waals surface area contributed by atoms with Gasteiger partial charge in [-0.2, -0.15) is 5.10 Å². The molecule has 5 heteroatoms. The summed E-state index contributed by atoms with van der Waals surface area (Å²) in [6, 6.07) is 0. The van der Waals surface area contributed by atoms with Crippen molar-refractivity contribution in [3.8, 4) is 0 Å². The van der Waals surface area contributed by atoms with E-state index in [0.717, 1.165) is 43.0 Å². The van der Waals surface area contributed by atoms with Gasteiger partial charge in [-0.15, -0.1) is 0 Å². The van der Waals surface area contributed by atoms with E-state index >= 15 is 0 Å². The molecule has 0 unspecified atom stereocenters. The summed E-state index contributed by atoms with van der Waals surface area (Å²) < 4.78 is 7.05. The van der Waals surface area contributed by atoms with Gasteiger partial charge in [-0.05, 0) is 25.7 Å². The Kier molecular flexibility index (Phi) is 3.47. The molecule has 5 nitrogen and oxygen atoms in total. The molecule has 1 fully saturated rings. The Bertz CT molecular complexity index is 420. The lowest BCUT2D eigenvalue weighted by molar-refractivity contribution is -0.136. The molecule has 94 valence electrons. The predicted molar refractivity (Wildman–Crippen MR) is 62.1 cm³/mol. The van der Waals surface area contributed by atoms with Gasteiger partial charge >= 0.3 is 5.97 Å². The molecular weight excluding hydrogens is 220 g/mol. The minimum Gasteiger partial charge on any atom is -0.481 e. The highest BCUT2D eigenvalue weighted by Crippen LogP contribution is 2.31. The molecule has 0 radical (unpaired) electrons. The van der Waals surface area contributed by atoms with Crippen LogP contribution >= 0.6 is 0 Å². The van der Waals surface area contributed by atoms with Gasteiger partial charge in [-0.1, -0.05) is 0 Å². The Morgan fingerprint density at radius 2 is 2.18 bits per heavy atom. The topological polar surface area (TPSA) is 64.4 Å². The van der Waals surface area contributed by atoms with E-state index < -0.39 is 5.97 Å². The highest BCUT2D eigenvalue weighted by Gasteiger charge is 2.25. The Morgan fingerprint density at radius 1 is 1.53 bits per heavy atom. The minimum absolute atomic E-state index is 0.0457. The van der Waals surface area contributed by atoms with E-state index in [1.54, 1.807) is 4.68 Å². The van der Waals surface area contributed by atoms with Crippen LogP contribution in [0.4, 0.5) is 0 Å². The highest BCUT2D eigenvalue weighted by molar-refractivity contribution is 5.70. The van der Waals surface area contributed by atoms with Gasteiger partial charge in [0, 0.05) is 25.8 Å². The maximum atomic E-state index is 10.9. The molecule has 0 spiro atoms. The number of hydrogen-bond donors (Lipinski definition) is 1. The molecule has 0 atom stereocenters. The average molecular weight is 238 g/mol. The van der Waals surface area contributed by atoms with E-state index in [4.69, 9.17) is 9.84 Å². The second kappa shape index (κ2) is 4.87. The molecule has 0 aliphatic carbocycles. The first kappa shape index (κ1) is 12.1. The summed E-state index contributed by atoms with van der Waals surface area (Å²) in [6.45, 7) is 3.47. The van der Waals surface area contributed by atoms with Crippen LogP contribution in [0, 0.1) is 6.92 Å². The largest absolute Gasteiger partial charge is 0.481 e. The van der Waals surface area contributed by atoms with Crippen molar-refractivity contribution in [2.45, 2.75) is 32.1 Å². The van der Waals surface area contributed by atoms with Crippen molar-refractivity contribution >= 4 is 5.97 Å². The molecule has 17 heavy (non-hydrogen) atoms. The van der Waals surface area contributed by atoms with Gasteiger partial charge in [0.2, 0.25) is 0 Å². The summed E-state index contributed by atoms with van der Waals surface area (Å²) in [5.74, 6) is -0.409. The molecule has 1 N–H and O–H groups in total. The van der Waals surface area contributed by atoms with E-state index in [-0.39, 0.29) is 6.42 Å². The first-order valence-corrected chi connectivity index (χ1v) is 5.91. The van der Waals surface area contributed by atoms with E-state index in [1.165, 1.54) is 0 Å². The summed E-state index contributed by atoms with van der Waals surface area (Å²) >= 11 is 0. The number of nitrogens with zero attached hydrogens (tertiary/aromatic N) is 2. The fourth-order valence-electron chi connectivity index (χ4n) is 2.59. The van der Waals surface area contributed by atoms with Crippen molar-refractivity contribution in [1.29, 1.82) is 0 Å². The van der Waals surface area contributed by atoms with E-state index in [1.807, 2.05) is 14.0 Å². The second-order valence-electron chi connectivity index (χ2n) is 4.53. The standard InChI is InChI=1S/C12H18N2O3/c1-8-12(9-3-5-17-6-4-9)10(7-11(15)16)14(2)13-8/h9H,3-7H2,1-2H3,(H,15,16). The third-order valence-corrected chi connectivity index (χ3v) is 3.34. The molecule has 0 amide bonds. The molecule has 1 aromatic heterocycles. The normalized spacial score (nSPS) is 17.3. The number of aliphatic carboxylic acids is 1. The molecule has 0 saturated carbocycles. The van der Waals surface area contributed by atoms with Crippen molar-refractivity contribution in [2.24, 2.45) is 7.05 Å². The van der Waals surface area contributed by atoms with Crippen LogP contribution < -0.4 is 0 Å². The molecule has 2 heterocycles. The molecule has 1 saturated heterocycles. The third kappa shape index (κ3) is 2.49. The summed E-state index contributed by atoms with van der Waals surface area (Å²) in [4.78, 5) is 10.9. The van der Waals surface area contributed by atoms with Crippen LogP contribution in [0.3, 0.4) is 0 Å². The number of aromatic nitrogens is 2. The van der Waals surface area contributed by atoms with E-state index in [9.17, 15) is 4.79 Å². The summed E-state index contributed by atoms with van der Waals surface area (Å²) in [6.07, 6.45) is 1.96. The Morgan fingerprint density at radius 3 is 2.76 bits per heavy atom. The summed E-state index contributed by atoms with van der Waals surface area (Å²) in [5, 5.41) is 13.3. The Balaban J connectivity index is 2.33. The van der Waals surface area contributed by atoms with Crippen molar-refractivity contribution in [2.75, 3.05) is 13.2 Å². The molecule has 2 rings (SSSR count). The number of aryl methyl sites for hydroxylation is 2. The van der Waals surface area contributed by atoms with Gasteiger partial charge in [0.05, 0.1) is 17.8 Å². The van der Waals surface area contributed by atoms with Gasteiger partial charge in [-0.25, -0.2) is 0 Å². The third-order valence-electron chi connectivity index (χ3n) is 3.34.